The first-order valence-corrected chi connectivity index (χ1v) is 5.53. The number of likely N-dealkylation sites (N-methyl/N-ethyl adjacent to an activating group) is 1. The molecule has 0 aromatic carbocycles. The highest BCUT2D eigenvalue weighted by molar-refractivity contribution is 7.96. The highest BCUT2D eigenvalue weighted by Crippen LogP contribution is 2.32. The van der Waals surface area contributed by atoms with Crippen LogP contribution in [0.5, 0.6) is 0 Å². The summed E-state index contributed by atoms with van der Waals surface area (Å²) in [5.41, 5.74) is 0.340. The average Bonchev–Trinajstić information content (AvgIpc) is 2.01. The zero-order valence-electron chi connectivity index (χ0n) is 7.75. The van der Waals surface area contributed by atoms with Gasteiger partial charge in [-0.25, -0.2) is 4.31 Å². The third-order valence-corrected chi connectivity index (χ3v) is 3.75. The molecule has 2 aliphatic rings. The Morgan fingerprint density at radius 2 is 2.08 bits per heavy atom. The lowest BCUT2D eigenvalue weighted by atomic mass is 9.95. The van der Waals surface area contributed by atoms with E-state index >= 15 is 0 Å². The topological polar surface area (TPSA) is 15.7 Å². The second-order valence-corrected chi connectivity index (χ2v) is 4.55. The molecule has 4 heteroatoms. The van der Waals surface area contributed by atoms with Crippen LogP contribution in [0.25, 0.3) is 0 Å². The lowest BCUT2D eigenvalue weighted by molar-refractivity contribution is -0.133. The third-order valence-electron chi connectivity index (χ3n) is 2.74. The van der Waals surface area contributed by atoms with Crippen LogP contribution >= 0.6 is 11.9 Å². The maximum absolute atomic E-state index is 5.31. The molecule has 2 aliphatic heterocycles. The molecule has 0 amide bonds. The predicted octanol–water partition coefficient (Wildman–Crippen LogP) is 0.281. The van der Waals surface area contributed by atoms with Gasteiger partial charge in [0.05, 0.1) is 18.8 Å². The predicted molar refractivity (Wildman–Crippen MR) is 51.3 cm³/mol. The zero-order valence-corrected chi connectivity index (χ0v) is 8.56. The van der Waals surface area contributed by atoms with Gasteiger partial charge in [-0.3, -0.25) is 0 Å². The normalized spacial score (nSPS) is 30.5. The largest absolute Gasteiger partial charge is 0.377 e. The maximum atomic E-state index is 5.31. The third kappa shape index (κ3) is 1.27. The smallest absolute Gasteiger partial charge is 0.0905 e. The van der Waals surface area contributed by atoms with Crippen LogP contribution in [0.15, 0.2) is 0 Å². The van der Waals surface area contributed by atoms with Crippen LogP contribution in [0.4, 0.5) is 0 Å². The molecule has 0 aromatic heterocycles. The lowest BCUT2D eigenvalue weighted by Gasteiger charge is -2.53. The molecule has 0 saturated carbocycles. The van der Waals surface area contributed by atoms with Crippen LogP contribution < -0.4 is 0 Å². The van der Waals surface area contributed by atoms with E-state index in [1.165, 1.54) is 13.1 Å². The molecule has 0 aromatic rings. The first kappa shape index (κ1) is 8.81. The summed E-state index contributed by atoms with van der Waals surface area (Å²) in [6.07, 6.45) is 2.16. The Kier molecular flexibility index (Phi) is 2.33. The number of rotatable bonds is 1. The van der Waals surface area contributed by atoms with Crippen LogP contribution in [0.3, 0.4) is 0 Å². The van der Waals surface area contributed by atoms with Crippen molar-refractivity contribution in [2.45, 2.75) is 5.54 Å². The first-order valence-electron chi connectivity index (χ1n) is 4.35. The molecule has 0 bridgehead atoms. The molecule has 2 rings (SSSR count). The number of ether oxygens (including phenoxy) is 1. The summed E-state index contributed by atoms with van der Waals surface area (Å²) in [5.74, 6) is 0. The SMILES string of the molecule is CSN1CCN(C)CC12COC2. The van der Waals surface area contributed by atoms with Gasteiger partial charge in [0.15, 0.2) is 0 Å². The van der Waals surface area contributed by atoms with Gasteiger partial charge in [-0.05, 0) is 13.3 Å². The number of nitrogens with zero attached hydrogens (tertiary/aromatic N) is 2. The minimum atomic E-state index is 0.340. The maximum Gasteiger partial charge on any atom is 0.0905 e. The fourth-order valence-corrected chi connectivity index (χ4v) is 2.83. The average molecular weight is 188 g/mol. The van der Waals surface area contributed by atoms with Crippen molar-refractivity contribution in [3.05, 3.63) is 0 Å². The number of hydrogen-bond acceptors (Lipinski definition) is 4. The Morgan fingerprint density at radius 1 is 1.33 bits per heavy atom. The van der Waals surface area contributed by atoms with E-state index in [0.717, 1.165) is 19.8 Å². The molecule has 2 heterocycles. The van der Waals surface area contributed by atoms with E-state index in [0.29, 0.717) is 5.54 Å². The molecule has 3 nitrogen and oxygen atoms in total. The van der Waals surface area contributed by atoms with E-state index in [2.05, 4.69) is 22.5 Å². The second kappa shape index (κ2) is 3.18. The fourth-order valence-electron chi connectivity index (χ4n) is 2.02. The van der Waals surface area contributed by atoms with Crippen molar-refractivity contribution < 1.29 is 4.74 Å². The lowest BCUT2D eigenvalue weighted by Crippen LogP contribution is -2.68. The van der Waals surface area contributed by atoms with E-state index in [1.54, 1.807) is 0 Å². The van der Waals surface area contributed by atoms with Gasteiger partial charge in [-0.15, -0.1) is 0 Å². The molecule has 1 spiro atoms. The van der Waals surface area contributed by atoms with Crippen molar-refractivity contribution in [2.75, 3.05) is 46.2 Å². The minimum absolute atomic E-state index is 0.340. The van der Waals surface area contributed by atoms with Gasteiger partial charge in [0.1, 0.15) is 0 Å². The Labute approximate surface area is 78.2 Å². The summed E-state index contributed by atoms with van der Waals surface area (Å²) < 4.78 is 7.80. The Morgan fingerprint density at radius 3 is 2.58 bits per heavy atom. The molecule has 0 N–H and O–H groups in total. The summed E-state index contributed by atoms with van der Waals surface area (Å²) >= 11 is 1.86. The van der Waals surface area contributed by atoms with Crippen molar-refractivity contribution in [3.63, 3.8) is 0 Å². The molecule has 2 fully saturated rings. The standard InChI is InChI=1S/C8H16N2OS/c1-9-3-4-10(12-2)8(5-9)6-11-7-8/h3-7H2,1-2H3. The fraction of sp³-hybridized carbons (Fsp3) is 1.00. The van der Waals surface area contributed by atoms with Crippen molar-refractivity contribution >= 4 is 11.9 Å². The summed E-state index contributed by atoms with van der Waals surface area (Å²) in [5, 5.41) is 0. The molecular formula is C8H16N2OS. The van der Waals surface area contributed by atoms with Gasteiger partial charge in [0.2, 0.25) is 0 Å². The second-order valence-electron chi connectivity index (χ2n) is 3.74. The van der Waals surface area contributed by atoms with E-state index in [4.69, 9.17) is 4.74 Å². The summed E-state index contributed by atoms with van der Waals surface area (Å²) in [7, 11) is 2.19. The quantitative estimate of drug-likeness (QED) is 0.549. The van der Waals surface area contributed by atoms with Crippen molar-refractivity contribution in [2.24, 2.45) is 0 Å². The van der Waals surface area contributed by atoms with Crippen molar-refractivity contribution in [1.82, 2.24) is 9.21 Å². The summed E-state index contributed by atoms with van der Waals surface area (Å²) in [6.45, 7) is 5.34. The van der Waals surface area contributed by atoms with Gasteiger partial charge < -0.3 is 9.64 Å². The molecule has 70 valence electrons. The van der Waals surface area contributed by atoms with E-state index in [1.807, 2.05) is 11.9 Å². The number of hydrogen-bond donors (Lipinski definition) is 0. The van der Waals surface area contributed by atoms with Crippen LogP contribution in [-0.2, 0) is 4.74 Å². The molecule has 0 atom stereocenters. The molecule has 0 unspecified atom stereocenters. The van der Waals surface area contributed by atoms with Crippen LogP contribution in [0, 0.1) is 0 Å². The van der Waals surface area contributed by atoms with E-state index < -0.39 is 0 Å². The molecule has 2 saturated heterocycles. The van der Waals surface area contributed by atoms with Crippen LogP contribution in [0.1, 0.15) is 0 Å². The monoisotopic (exact) mass is 188 g/mol. The molecule has 0 aliphatic carbocycles. The van der Waals surface area contributed by atoms with Gasteiger partial charge in [0, 0.05) is 19.6 Å². The Bertz CT molecular complexity index is 172. The van der Waals surface area contributed by atoms with E-state index in [9.17, 15) is 0 Å². The zero-order chi connectivity index (χ0) is 8.60. The van der Waals surface area contributed by atoms with Gasteiger partial charge in [-0.2, -0.15) is 0 Å². The first-order chi connectivity index (χ1) is 5.77. The van der Waals surface area contributed by atoms with Gasteiger partial charge >= 0.3 is 0 Å². The van der Waals surface area contributed by atoms with Crippen LogP contribution in [-0.4, -0.2) is 60.9 Å². The summed E-state index contributed by atoms with van der Waals surface area (Å²) in [4.78, 5) is 2.40. The van der Waals surface area contributed by atoms with Crippen molar-refractivity contribution in [1.29, 1.82) is 0 Å². The summed E-state index contributed by atoms with van der Waals surface area (Å²) in [6, 6.07) is 0. The van der Waals surface area contributed by atoms with Crippen LogP contribution in [0.2, 0.25) is 0 Å². The molecule has 12 heavy (non-hydrogen) atoms. The van der Waals surface area contributed by atoms with Crippen molar-refractivity contribution in [3.8, 4) is 0 Å². The highest BCUT2D eigenvalue weighted by Gasteiger charge is 2.46. The Balaban J connectivity index is 2.04. The Hall–Kier alpha value is 0.230. The number of piperazine rings is 1. The van der Waals surface area contributed by atoms with Gasteiger partial charge in [-0.1, -0.05) is 11.9 Å². The minimum Gasteiger partial charge on any atom is -0.377 e. The highest BCUT2D eigenvalue weighted by atomic mass is 32.2. The van der Waals surface area contributed by atoms with E-state index in [-0.39, 0.29) is 0 Å². The molecular weight excluding hydrogens is 172 g/mol. The molecule has 0 radical (unpaired) electrons. The van der Waals surface area contributed by atoms with Gasteiger partial charge in [0.25, 0.3) is 0 Å².